The lowest BCUT2D eigenvalue weighted by Crippen LogP contribution is -2.50. The summed E-state index contributed by atoms with van der Waals surface area (Å²) < 4.78 is 32.7. The van der Waals surface area contributed by atoms with Gasteiger partial charge in [0.25, 0.3) is 5.91 Å². The zero-order chi connectivity index (χ0) is 24.9. The molecular weight excluding hydrogens is 470 g/mol. The Hall–Kier alpha value is -3.58. The summed E-state index contributed by atoms with van der Waals surface area (Å²) in [4.78, 5) is 19.4. The van der Waals surface area contributed by atoms with Crippen LogP contribution >= 0.6 is 0 Å². The Balaban J connectivity index is 1.35. The molecule has 4 aromatic heterocycles. The van der Waals surface area contributed by atoms with Gasteiger partial charge in [-0.05, 0) is 26.8 Å². The summed E-state index contributed by atoms with van der Waals surface area (Å²) in [6.07, 6.45) is 5.01. The van der Waals surface area contributed by atoms with E-state index < -0.39 is 10.0 Å². The van der Waals surface area contributed by atoms with E-state index in [-0.39, 0.29) is 42.7 Å². The first-order chi connectivity index (χ1) is 16.7. The van der Waals surface area contributed by atoms with Crippen molar-refractivity contribution in [1.29, 1.82) is 0 Å². The number of carbonyl (C=O) groups is 1. The molecule has 1 aliphatic rings. The fraction of sp³-hybridized carbons (Fsp3) is 0.409. The standard InChI is InChI=1S/C22H27N9O3S/c1-5-29-14-20(15(2)25-29)35(33,34)30-10-8-28(9-11-30)22(32)18-12-21-23-7-6-19(31(21)26-18)17-13-24-27(4)16(17)3/h6-7,12-14H,5,8-11H2,1-4H3. The van der Waals surface area contributed by atoms with Crippen LogP contribution in [0.25, 0.3) is 16.9 Å². The van der Waals surface area contributed by atoms with E-state index in [1.165, 1.54) is 4.31 Å². The average Bonchev–Trinajstić information content (AvgIpc) is 3.55. The van der Waals surface area contributed by atoms with E-state index in [9.17, 15) is 13.2 Å². The van der Waals surface area contributed by atoms with Crippen molar-refractivity contribution in [3.63, 3.8) is 0 Å². The smallest absolute Gasteiger partial charge is 0.274 e. The number of hydrogen-bond donors (Lipinski definition) is 0. The van der Waals surface area contributed by atoms with E-state index in [4.69, 9.17) is 0 Å². The SMILES string of the molecule is CCn1cc(S(=O)(=O)N2CCN(C(=O)c3cc4nccc(-c5cnn(C)c5C)n4n3)CC2)c(C)n1. The number of aryl methyl sites for hydroxylation is 3. The molecule has 0 aromatic carbocycles. The number of piperazine rings is 1. The number of aromatic nitrogens is 7. The first kappa shape index (κ1) is 23.2. The van der Waals surface area contributed by atoms with Crippen LogP contribution in [0.1, 0.15) is 28.8 Å². The van der Waals surface area contributed by atoms with E-state index >= 15 is 0 Å². The van der Waals surface area contributed by atoms with Gasteiger partial charge in [0, 0.05) is 69.5 Å². The maximum atomic E-state index is 13.2. The Morgan fingerprint density at radius 1 is 1.11 bits per heavy atom. The second-order valence-electron chi connectivity index (χ2n) is 8.53. The van der Waals surface area contributed by atoms with Crippen molar-refractivity contribution in [2.24, 2.45) is 7.05 Å². The van der Waals surface area contributed by atoms with Crippen LogP contribution in [0.3, 0.4) is 0 Å². The molecule has 0 unspecified atom stereocenters. The minimum absolute atomic E-state index is 0.205. The zero-order valence-electron chi connectivity index (χ0n) is 20.1. The van der Waals surface area contributed by atoms with E-state index in [1.54, 1.807) is 50.4 Å². The van der Waals surface area contributed by atoms with E-state index in [0.29, 0.717) is 17.9 Å². The van der Waals surface area contributed by atoms with Gasteiger partial charge in [0.05, 0.1) is 17.6 Å². The minimum atomic E-state index is -3.68. The van der Waals surface area contributed by atoms with Crippen LogP contribution in [0.4, 0.5) is 0 Å². The number of nitrogens with zero attached hydrogens (tertiary/aromatic N) is 9. The molecule has 0 atom stereocenters. The summed E-state index contributed by atoms with van der Waals surface area (Å²) in [7, 11) is -1.81. The lowest BCUT2D eigenvalue weighted by atomic mass is 10.2. The molecule has 0 radical (unpaired) electrons. The number of amides is 1. The van der Waals surface area contributed by atoms with Crippen LogP contribution in [0.5, 0.6) is 0 Å². The van der Waals surface area contributed by atoms with Gasteiger partial charge in [-0.3, -0.25) is 14.2 Å². The van der Waals surface area contributed by atoms with E-state index in [1.807, 2.05) is 27.0 Å². The van der Waals surface area contributed by atoms with Gasteiger partial charge in [-0.25, -0.2) is 17.9 Å². The highest BCUT2D eigenvalue weighted by atomic mass is 32.2. The molecule has 0 saturated carbocycles. The normalized spacial score (nSPS) is 15.3. The van der Waals surface area contributed by atoms with Crippen LogP contribution in [0.15, 0.2) is 35.6 Å². The van der Waals surface area contributed by atoms with Crippen molar-refractivity contribution in [2.45, 2.75) is 32.2 Å². The highest BCUT2D eigenvalue weighted by Crippen LogP contribution is 2.24. The molecule has 4 aromatic rings. The highest BCUT2D eigenvalue weighted by Gasteiger charge is 2.33. The van der Waals surface area contributed by atoms with Gasteiger partial charge < -0.3 is 4.90 Å². The predicted octanol–water partition coefficient (Wildman–Crippen LogP) is 1.11. The van der Waals surface area contributed by atoms with Crippen molar-refractivity contribution in [3.8, 4) is 11.3 Å². The van der Waals surface area contributed by atoms with Crippen LogP contribution in [-0.4, -0.2) is 83.9 Å². The van der Waals surface area contributed by atoms with Crippen molar-refractivity contribution < 1.29 is 13.2 Å². The molecule has 1 fully saturated rings. The molecule has 1 aliphatic heterocycles. The van der Waals surface area contributed by atoms with Crippen molar-refractivity contribution in [1.82, 2.24) is 43.4 Å². The van der Waals surface area contributed by atoms with Crippen LogP contribution < -0.4 is 0 Å². The molecule has 1 amide bonds. The molecule has 12 nitrogen and oxygen atoms in total. The minimum Gasteiger partial charge on any atom is -0.335 e. The summed E-state index contributed by atoms with van der Waals surface area (Å²) >= 11 is 0. The van der Waals surface area contributed by atoms with Crippen LogP contribution in [-0.2, 0) is 23.6 Å². The third-order valence-corrected chi connectivity index (χ3v) is 8.46. The second-order valence-corrected chi connectivity index (χ2v) is 10.4. The lowest BCUT2D eigenvalue weighted by Gasteiger charge is -2.33. The van der Waals surface area contributed by atoms with Gasteiger partial charge in [-0.15, -0.1) is 0 Å². The van der Waals surface area contributed by atoms with Crippen molar-refractivity contribution in [2.75, 3.05) is 26.2 Å². The molecule has 13 heteroatoms. The number of rotatable bonds is 5. The largest absolute Gasteiger partial charge is 0.335 e. The Morgan fingerprint density at radius 2 is 1.86 bits per heavy atom. The predicted molar refractivity (Wildman–Crippen MR) is 127 cm³/mol. The highest BCUT2D eigenvalue weighted by molar-refractivity contribution is 7.89. The summed E-state index contributed by atoms with van der Waals surface area (Å²) in [5.41, 5.74) is 3.96. The van der Waals surface area contributed by atoms with Crippen LogP contribution in [0.2, 0.25) is 0 Å². The summed E-state index contributed by atoms with van der Waals surface area (Å²) in [5, 5.41) is 13.1. The fourth-order valence-electron chi connectivity index (χ4n) is 4.30. The monoisotopic (exact) mass is 497 g/mol. The maximum Gasteiger partial charge on any atom is 0.274 e. The maximum absolute atomic E-state index is 13.2. The lowest BCUT2D eigenvalue weighted by molar-refractivity contribution is 0.0691. The molecule has 0 spiro atoms. The molecule has 35 heavy (non-hydrogen) atoms. The van der Waals surface area contributed by atoms with Gasteiger partial charge in [-0.1, -0.05) is 0 Å². The number of hydrogen-bond acceptors (Lipinski definition) is 7. The van der Waals surface area contributed by atoms with Crippen molar-refractivity contribution in [3.05, 3.63) is 47.8 Å². The topological polar surface area (TPSA) is 124 Å². The van der Waals surface area contributed by atoms with Gasteiger partial charge in [0.1, 0.15) is 4.90 Å². The Kier molecular flexibility index (Phi) is 5.68. The molecule has 5 rings (SSSR count). The number of sulfonamides is 1. The first-order valence-electron chi connectivity index (χ1n) is 11.4. The van der Waals surface area contributed by atoms with Gasteiger partial charge in [0.15, 0.2) is 11.3 Å². The summed E-state index contributed by atoms with van der Waals surface area (Å²) in [6, 6.07) is 3.49. The summed E-state index contributed by atoms with van der Waals surface area (Å²) in [5.74, 6) is -0.253. The summed E-state index contributed by atoms with van der Waals surface area (Å²) in [6.45, 7) is 7.11. The van der Waals surface area contributed by atoms with Gasteiger partial charge in [0.2, 0.25) is 10.0 Å². The Labute approximate surface area is 202 Å². The third-order valence-electron chi connectivity index (χ3n) is 6.46. The van der Waals surface area contributed by atoms with Gasteiger partial charge >= 0.3 is 0 Å². The number of fused-ring (bicyclic) bond motifs is 1. The fourth-order valence-corrected chi connectivity index (χ4v) is 5.89. The molecule has 0 bridgehead atoms. The quantitative estimate of drug-likeness (QED) is 0.405. The molecular formula is C22H27N9O3S. The zero-order valence-corrected chi connectivity index (χ0v) is 20.9. The molecule has 1 saturated heterocycles. The second kappa shape index (κ2) is 8.57. The van der Waals surface area contributed by atoms with Crippen molar-refractivity contribution >= 4 is 21.6 Å². The number of carbonyl (C=O) groups excluding carboxylic acids is 1. The first-order valence-corrected chi connectivity index (χ1v) is 12.8. The Bertz CT molecular complexity index is 1520. The molecule has 0 aliphatic carbocycles. The molecule has 0 N–H and O–H groups in total. The van der Waals surface area contributed by atoms with E-state index in [2.05, 4.69) is 20.3 Å². The van der Waals surface area contributed by atoms with Crippen LogP contribution in [0, 0.1) is 13.8 Å². The third kappa shape index (κ3) is 3.90. The molecule has 5 heterocycles. The molecule has 184 valence electrons. The average molecular weight is 498 g/mol. The van der Waals surface area contributed by atoms with E-state index in [0.717, 1.165) is 17.0 Å². The Morgan fingerprint density at radius 3 is 2.49 bits per heavy atom. The van der Waals surface area contributed by atoms with Gasteiger partial charge in [-0.2, -0.15) is 19.6 Å².